The number of hydrogen-bond donors (Lipinski definition) is 0. The van der Waals surface area contributed by atoms with Gasteiger partial charge in [-0.2, -0.15) is 13.2 Å². The van der Waals surface area contributed by atoms with Crippen LogP contribution in [0, 0.1) is 0 Å². The molecule has 3 aromatic rings. The first-order valence-electron chi connectivity index (χ1n) is 5.94. The van der Waals surface area contributed by atoms with E-state index < -0.39 is 11.9 Å². The Kier molecular flexibility index (Phi) is 3.32. The molecular formula is C13H9F3N4S. The molecule has 0 aliphatic rings. The van der Waals surface area contributed by atoms with Crippen LogP contribution >= 0.6 is 11.8 Å². The fourth-order valence-electron chi connectivity index (χ4n) is 1.78. The summed E-state index contributed by atoms with van der Waals surface area (Å²) in [4.78, 5) is 11.8. The highest BCUT2D eigenvalue weighted by atomic mass is 32.2. The first kappa shape index (κ1) is 13.9. The summed E-state index contributed by atoms with van der Waals surface area (Å²) in [5.74, 6) is 0. The Morgan fingerprint density at radius 2 is 1.76 bits per heavy atom. The molecule has 2 heterocycles. The molecule has 0 saturated heterocycles. The van der Waals surface area contributed by atoms with E-state index in [1.54, 1.807) is 36.0 Å². The van der Waals surface area contributed by atoms with Crippen LogP contribution in [0.5, 0.6) is 0 Å². The van der Waals surface area contributed by atoms with Crippen LogP contribution in [-0.2, 0) is 13.2 Å². The molecule has 2 aromatic heterocycles. The van der Waals surface area contributed by atoms with Gasteiger partial charge in [-0.15, -0.1) is 0 Å². The van der Waals surface area contributed by atoms with Gasteiger partial charge in [0.05, 0.1) is 11.0 Å². The number of para-hydroxylation sites is 2. The molecule has 0 fully saturated rings. The highest BCUT2D eigenvalue weighted by Crippen LogP contribution is 2.37. The summed E-state index contributed by atoms with van der Waals surface area (Å²) < 4.78 is 41.1. The van der Waals surface area contributed by atoms with Crippen molar-refractivity contribution in [1.29, 1.82) is 0 Å². The lowest BCUT2D eigenvalue weighted by Gasteiger charge is -2.11. The van der Waals surface area contributed by atoms with Gasteiger partial charge in [-0.25, -0.2) is 15.0 Å². The maximum absolute atomic E-state index is 13.2. The van der Waals surface area contributed by atoms with Gasteiger partial charge in [-0.3, -0.25) is 0 Å². The van der Waals surface area contributed by atoms with Crippen molar-refractivity contribution in [2.75, 3.05) is 0 Å². The van der Waals surface area contributed by atoms with Crippen LogP contribution < -0.4 is 0 Å². The van der Waals surface area contributed by atoms with Crippen molar-refractivity contribution in [2.45, 2.75) is 16.4 Å². The van der Waals surface area contributed by atoms with Gasteiger partial charge in [0, 0.05) is 19.4 Å². The molecule has 0 aliphatic heterocycles. The predicted molar refractivity (Wildman–Crippen MR) is 71.9 cm³/mol. The smallest absolute Gasteiger partial charge is 0.329 e. The molecule has 0 aliphatic carbocycles. The van der Waals surface area contributed by atoms with Crippen LogP contribution in [0.4, 0.5) is 13.2 Å². The zero-order valence-corrected chi connectivity index (χ0v) is 11.6. The lowest BCUT2D eigenvalue weighted by Crippen LogP contribution is -2.11. The Labute approximate surface area is 122 Å². The molecule has 1 aromatic carbocycles. The third-order valence-corrected chi connectivity index (χ3v) is 3.83. The number of imidazole rings is 1. The highest BCUT2D eigenvalue weighted by Gasteiger charge is 2.37. The largest absolute Gasteiger partial charge is 0.436 e. The van der Waals surface area contributed by atoms with E-state index in [2.05, 4.69) is 15.0 Å². The van der Waals surface area contributed by atoms with Crippen molar-refractivity contribution in [3.8, 4) is 0 Å². The summed E-state index contributed by atoms with van der Waals surface area (Å²) in [6.45, 7) is 0. The van der Waals surface area contributed by atoms with E-state index in [0.717, 1.165) is 11.8 Å². The van der Waals surface area contributed by atoms with Gasteiger partial charge in [0.2, 0.25) is 0 Å². The fraction of sp³-hybridized carbons (Fsp3) is 0.154. The number of rotatable bonds is 2. The van der Waals surface area contributed by atoms with Crippen LogP contribution in [0.3, 0.4) is 0 Å². The second kappa shape index (κ2) is 5.03. The van der Waals surface area contributed by atoms with E-state index in [4.69, 9.17) is 0 Å². The topological polar surface area (TPSA) is 43.6 Å². The molecule has 4 nitrogen and oxygen atoms in total. The number of aryl methyl sites for hydroxylation is 1. The van der Waals surface area contributed by atoms with Crippen LogP contribution in [-0.4, -0.2) is 19.5 Å². The Bertz CT molecular complexity index is 797. The van der Waals surface area contributed by atoms with Gasteiger partial charge in [0.1, 0.15) is 5.03 Å². The standard InChI is InChI=1S/C13H9F3N4S/c1-20-7-6-17-12(20)21-11-10(13(14,15)16)18-8-4-2-3-5-9(8)19-11/h2-7H,1H3. The molecule has 0 amide bonds. The summed E-state index contributed by atoms with van der Waals surface area (Å²) in [5, 5.41) is 0.223. The maximum atomic E-state index is 13.2. The summed E-state index contributed by atoms with van der Waals surface area (Å²) >= 11 is 0.847. The van der Waals surface area contributed by atoms with Crippen LogP contribution in [0.1, 0.15) is 5.69 Å². The quantitative estimate of drug-likeness (QED) is 0.726. The van der Waals surface area contributed by atoms with Gasteiger partial charge >= 0.3 is 6.18 Å². The van der Waals surface area contributed by atoms with Gasteiger partial charge in [0.25, 0.3) is 0 Å². The number of alkyl halides is 3. The van der Waals surface area contributed by atoms with Crippen molar-refractivity contribution in [1.82, 2.24) is 19.5 Å². The predicted octanol–water partition coefficient (Wildman–Crippen LogP) is 3.53. The summed E-state index contributed by atoms with van der Waals surface area (Å²) in [7, 11) is 1.71. The minimum Gasteiger partial charge on any atom is -0.329 e. The normalized spacial score (nSPS) is 12.0. The van der Waals surface area contributed by atoms with Crippen LogP contribution in [0.25, 0.3) is 11.0 Å². The number of halogens is 3. The van der Waals surface area contributed by atoms with E-state index in [1.165, 1.54) is 12.3 Å². The first-order valence-corrected chi connectivity index (χ1v) is 6.76. The lowest BCUT2D eigenvalue weighted by molar-refractivity contribution is -0.143. The average Bonchev–Trinajstić information content (AvgIpc) is 2.82. The molecule has 108 valence electrons. The third-order valence-electron chi connectivity index (χ3n) is 2.77. The Morgan fingerprint density at radius 1 is 1.10 bits per heavy atom. The van der Waals surface area contributed by atoms with Crippen molar-refractivity contribution >= 4 is 22.8 Å². The number of benzene rings is 1. The van der Waals surface area contributed by atoms with E-state index in [-0.39, 0.29) is 10.5 Å². The molecule has 3 rings (SSSR count). The zero-order valence-electron chi connectivity index (χ0n) is 10.8. The van der Waals surface area contributed by atoms with Crippen molar-refractivity contribution in [2.24, 2.45) is 7.05 Å². The maximum Gasteiger partial charge on any atom is 0.436 e. The van der Waals surface area contributed by atoms with Crippen molar-refractivity contribution < 1.29 is 13.2 Å². The van der Waals surface area contributed by atoms with Crippen LogP contribution in [0.2, 0.25) is 0 Å². The lowest BCUT2D eigenvalue weighted by atomic mass is 10.3. The molecule has 0 bridgehead atoms. The SMILES string of the molecule is Cn1ccnc1Sc1nc2ccccc2nc1C(F)(F)F. The van der Waals surface area contributed by atoms with E-state index >= 15 is 0 Å². The molecule has 0 spiro atoms. The minimum absolute atomic E-state index is 0.199. The van der Waals surface area contributed by atoms with Gasteiger partial charge in [0.15, 0.2) is 10.9 Å². The van der Waals surface area contributed by atoms with E-state index in [9.17, 15) is 13.2 Å². The van der Waals surface area contributed by atoms with Gasteiger partial charge < -0.3 is 4.57 Å². The molecule has 0 saturated carbocycles. The summed E-state index contributed by atoms with van der Waals surface area (Å²) in [6.07, 6.45) is -1.39. The molecule has 0 atom stereocenters. The van der Waals surface area contributed by atoms with Crippen LogP contribution in [0.15, 0.2) is 46.8 Å². The number of nitrogens with zero attached hydrogens (tertiary/aromatic N) is 4. The van der Waals surface area contributed by atoms with Crippen molar-refractivity contribution in [3.63, 3.8) is 0 Å². The Morgan fingerprint density at radius 3 is 2.33 bits per heavy atom. The van der Waals surface area contributed by atoms with Crippen molar-refractivity contribution in [3.05, 3.63) is 42.4 Å². The number of fused-ring (bicyclic) bond motifs is 1. The average molecular weight is 310 g/mol. The fourth-order valence-corrected chi connectivity index (χ4v) is 2.67. The summed E-state index contributed by atoms with van der Waals surface area (Å²) in [6, 6.07) is 6.47. The zero-order chi connectivity index (χ0) is 15.0. The molecule has 0 unspecified atom stereocenters. The second-order valence-electron chi connectivity index (χ2n) is 4.29. The van der Waals surface area contributed by atoms with Gasteiger partial charge in [-0.1, -0.05) is 12.1 Å². The monoisotopic (exact) mass is 310 g/mol. The first-order chi connectivity index (χ1) is 9.95. The molecule has 0 N–H and O–H groups in total. The highest BCUT2D eigenvalue weighted by molar-refractivity contribution is 7.99. The Hall–Kier alpha value is -2.09. The second-order valence-corrected chi connectivity index (χ2v) is 5.24. The van der Waals surface area contributed by atoms with E-state index in [0.29, 0.717) is 10.7 Å². The molecule has 21 heavy (non-hydrogen) atoms. The Balaban J connectivity index is 2.17. The summed E-state index contributed by atoms with van der Waals surface area (Å²) in [5.41, 5.74) is -0.356. The number of aromatic nitrogens is 4. The molecule has 0 radical (unpaired) electrons. The van der Waals surface area contributed by atoms with E-state index in [1.807, 2.05) is 0 Å². The molecule has 8 heteroatoms. The van der Waals surface area contributed by atoms with Gasteiger partial charge in [-0.05, 0) is 23.9 Å². The molecular weight excluding hydrogens is 301 g/mol. The third kappa shape index (κ3) is 2.71. The number of hydrogen-bond acceptors (Lipinski definition) is 4. The minimum atomic E-state index is -4.56.